The fourth-order valence-electron chi connectivity index (χ4n) is 0.823. The Morgan fingerprint density at radius 1 is 1.57 bits per heavy atom. The summed E-state index contributed by atoms with van der Waals surface area (Å²) in [7, 11) is 0. The molecule has 0 radical (unpaired) electrons. The summed E-state index contributed by atoms with van der Waals surface area (Å²) in [6.07, 6.45) is 1.15. The zero-order valence-corrected chi connectivity index (χ0v) is 4.30. The summed E-state index contributed by atoms with van der Waals surface area (Å²) in [5.74, 6) is 1.19. The zero-order chi connectivity index (χ0) is 5.28. The van der Waals surface area contributed by atoms with E-state index in [1.807, 2.05) is 0 Å². The Kier molecular flexibility index (Phi) is 1.30. The molecule has 2 heteroatoms. The average Bonchev–Trinajstić information content (AvgIpc) is 2.43. The van der Waals surface area contributed by atoms with Gasteiger partial charge in [0.1, 0.15) is 0 Å². The molecule has 1 aliphatic rings. The van der Waals surface area contributed by atoms with Crippen LogP contribution in [0.4, 0.5) is 0 Å². The van der Waals surface area contributed by atoms with Crippen LogP contribution in [0.2, 0.25) is 0 Å². The summed E-state index contributed by atoms with van der Waals surface area (Å²) in [4.78, 5) is 0. The second-order valence-corrected chi connectivity index (χ2v) is 2.17. The third-order valence-corrected chi connectivity index (χ3v) is 1.61. The molecule has 0 aromatic heterocycles. The van der Waals surface area contributed by atoms with E-state index >= 15 is 0 Å². The van der Waals surface area contributed by atoms with Crippen molar-refractivity contribution in [1.29, 1.82) is 0 Å². The molecular weight excluding hydrogens is 90.1 g/mol. The van der Waals surface area contributed by atoms with Crippen molar-refractivity contribution >= 4 is 0 Å². The Morgan fingerprint density at radius 2 is 2.29 bits per heavy atom. The predicted octanol–water partition coefficient (Wildman–Crippen LogP) is -0.426. The molecule has 0 aromatic carbocycles. The van der Waals surface area contributed by atoms with E-state index in [9.17, 15) is 0 Å². The molecule has 1 aliphatic carbocycles. The molecule has 1 fully saturated rings. The second kappa shape index (κ2) is 1.80. The maximum Gasteiger partial charge on any atom is 0.0462 e. The molecule has 1 saturated carbocycles. The fraction of sp³-hybridized carbons (Fsp3) is 1.00. The first-order valence-electron chi connectivity index (χ1n) is 2.69. The third kappa shape index (κ3) is 0.924. The van der Waals surface area contributed by atoms with Crippen molar-refractivity contribution in [1.82, 2.24) is 0 Å². The van der Waals surface area contributed by atoms with Crippen molar-refractivity contribution in [2.24, 2.45) is 17.6 Å². The predicted molar refractivity (Wildman–Crippen MR) is 27.7 cm³/mol. The van der Waals surface area contributed by atoms with Crippen LogP contribution in [0.15, 0.2) is 0 Å². The van der Waals surface area contributed by atoms with Crippen LogP contribution in [0, 0.1) is 11.8 Å². The third-order valence-electron chi connectivity index (χ3n) is 1.61. The lowest BCUT2D eigenvalue weighted by atomic mass is 10.3. The standard InChI is InChI=1S/C5H11NO/c6-2-4-1-5(4)3-7/h4-5,7H,1-3,6H2/t4-,5+/m1/s1. The molecule has 0 aliphatic heterocycles. The van der Waals surface area contributed by atoms with Gasteiger partial charge in [-0.25, -0.2) is 0 Å². The lowest BCUT2D eigenvalue weighted by Gasteiger charge is -1.85. The van der Waals surface area contributed by atoms with Crippen molar-refractivity contribution < 1.29 is 5.11 Å². The van der Waals surface area contributed by atoms with Gasteiger partial charge in [0.25, 0.3) is 0 Å². The molecule has 2 atom stereocenters. The molecule has 0 saturated heterocycles. The largest absolute Gasteiger partial charge is 0.396 e. The van der Waals surface area contributed by atoms with E-state index in [-0.39, 0.29) is 0 Å². The monoisotopic (exact) mass is 101 g/mol. The van der Waals surface area contributed by atoms with Crippen LogP contribution < -0.4 is 5.73 Å². The van der Waals surface area contributed by atoms with Gasteiger partial charge >= 0.3 is 0 Å². The summed E-state index contributed by atoms with van der Waals surface area (Å²) < 4.78 is 0. The van der Waals surface area contributed by atoms with E-state index in [1.165, 1.54) is 0 Å². The van der Waals surface area contributed by atoms with Crippen molar-refractivity contribution in [3.8, 4) is 0 Å². The minimum Gasteiger partial charge on any atom is -0.396 e. The van der Waals surface area contributed by atoms with Crippen LogP contribution in [0.25, 0.3) is 0 Å². The Morgan fingerprint density at radius 3 is 2.43 bits per heavy atom. The Bertz CT molecular complexity index is 57.1. The van der Waals surface area contributed by atoms with Gasteiger partial charge in [-0.05, 0) is 24.8 Å². The minimum absolute atomic E-state index is 0.335. The number of nitrogens with two attached hydrogens (primary N) is 1. The van der Waals surface area contributed by atoms with Gasteiger partial charge in [0.15, 0.2) is 0 Å². The van der Waals surface area contributed by atoms with Crippen LogP contribution in [-0.2, 0) is 0 Å². The van der Waals surface area contributed by atoms with Gasteiger partial charge in [0.2, 0.25) is 0 Å². The molecule has 2 nitrogen and oxygen atoms in total. The number of hydrogen-bond donors (Lipinski definition) is 2. The van der Waals surface area contributed by atoms with E-state index in [1.54, 1.807) is 0 Å². The highest BCUT2D eigenvalue weighted by Crippen LogP contribution is 2.36. The van der Waals surface area contributed by atoms with Gasteiger partial charge in [0, 0.05) is 6.61 Å². The van der Waals surface area contributed by atoms with Gasteiger partial charge < -0.3 is 10.8 Å². The summed E-state index contributed by atoms with van der Waals surface area (Å²) in [5, 5.41) is 8.45. The summed E-state index contributed by atoms with van der Waals surface area (Å²) in [6, 6.07) is 0. The van der Waals surface area contributed by atoms with Crippen molar-refractivity contribution in [2.75, 3.05) is 13.2 Å². The molecule has 0 spiro atoms. The van der Waals surface area contributed by atoms with Crippen LogP contribution >= 0.6 is 0 Å². The van der Waals surface area contributed by atoms with Crippen LogP contribution in [-0.4, -0.2) is 18.3 Å². The topological polar surface area (TPSA) is 46.2 Å². The van der Waals surface area contributed by atoms with Crippen molar-refractivity contribution in [3.63, 3.8) is 0 Å². The molecule has 0 heterocycles. The van der Waals surface area contributed by atoms with Crippen molar-refractivity contribution in [3.05, 3.63) is 0 Å². The maximum atomic E-state index is 8.45. The van der Waals surface area contributed by atoms with Gasteiger partial charge in [0.05, 0.1) is 0 Å². The lowest BCUT2D eigenvalue weighted by Crippen LogP contribution is -2.03. The zero-order valence-electron chi connectivity index (χ0n) is 4.30. The molecular formula is C5H11NO. The normalized spacial score (nSPS) is 38.6. The lowest BCUT2D eigenvalue weighted by molar-refractivity contribution is 0.269. The van der Waals surface area contributed by atoms with E-state index in [2.05, 4.69) is 0 Å². The minimum atomic E-state index is 0.335. The highest BCUT2D eigenvalue weighted by molar-refractivity contribution is 4.85. The van der Waals surface area contributed by atoms with Crippen molar-refractivity contribution in [2.45, 2.75) is 6.42 Å². The molecule has 0 amide bonds. The number of hydrogen-bond acceptors (Lipinski definition) is 2. The molecule has 0 unspecified atom stereocenters. The summed E-state index contributed by atoms with van der Waals surface area (Å²) >= 11 is 0. The molecule has 0 bridgehead atoms. The first kappa shape index (κ1) is 5.06. The number of aliphatic hydroxyl groups is 1. The summed E-state index contributed by atoms with van der Waals surface area (Å²) in [5.41, 5.74) is 5.29. The molecule has 0 aromatic rings. The number of aliphatic hydroxyl groups excluding tert-OH is 1. The van der Waals surface area contributed by atoms with E-state index in [0.717, 1.165) is 13.0 Å². The molecule has 1 rings (SSSR count). The highest BCUT2D eigenvalue weighted by Gasteiger charge is 2.34. The maximum absolute atomic E-state index is 8.45. The number of rotatable bonds is 2. The first-order valence-corrected chi connectivity index (χ1v) is 2.69. The molecule has 3 N–H and O–H groups in total. The Hall–Kier alpha value is -0.0800. The SMILES string of the molecule is NC[C@H]1C[C@H]1CO. The van der Waals surface area contributed by atoms with E-state index in [0.29, 0.717) is 18.4 Å². The summed E-state index contributed by atoms with van der Waals surface area (Å²) in [6.45, 7) is 1.09. The Balaban J connectivity index is 2.06. The van der Waals surface area contributed by atoms with Gasteiger partial charge in [-0.15, -0.1) is 0 Å². The van der Waals surface area contributed by atoms with Crippen LogP contribution in [0.3, 0.4) is 0 Å². The van der Waals surface area contributed by atoms with Gasteiger partial charge in [-0.1, -0.05) is 0 Å². The van der Waals surface area contributed by atoms with Crippen LogP contribution in [0.1, 0.15) is 6.42 Å². The highest BCUT2D eigenvalue weighted by atomic mass is 16.3. The smallest absolute Gasteiger partial charge is 0.0462 e. The Labute approximate surface area is 43.3 Å². The fourth-order valence-corrected chi connectivity index (χ4v) is 0.823. The van der Waals surface area contributed by atoms with Gasteiger partial charge in [-0.3, -0.25) is 0 Å². The van der Waals surface area contributed by atoms with E-state index < -0.39 is 0 Å². The van der Waals surface area contributed by atoms with Gasteiger partial charge in [-0.2, -0.15) is 0 Å². The first-order chi connectivity index (χ1) is 3.38. The molecule has 42 valence electrons. The van der Waals surface area contributed by atoms with Crippen LogP contribution in [0.5, 0.6) is 0 Å². The molecule has 7 heavy (non-hydrogen) atoms. The second-order valence-electron chi connectivity index (χ2n) is 2.17. The average molecular weight is 101 g/mol. The van der Waals surface area contributed by atoms with E-state index in [4.69, 9.17) is 10.8 Å². The quantitative estimate of drug-likeness (QED) is 0.496.